The maximum Gasteiger partial charge on any atom is 0.227 e. The fourth-order valence-corrected chi connectivity index (χ4v) is 4.76. The van der Waals surface area contributed by atoms with Crippen LogP contribution < -0.4 is 20.5 Å². The van der Waals surface area contributed by atoms with Crippen LogP contribution in [0.1, 0.15) is 37.7 Å². The number of hydrogen-bond acceptors (Lipinski definition) is 5. The molecule has 3 N–H and O–H groups in total. The topological polar surface area (TPSA) is 86.5 Å². The Balaban J connectivity index is 1.42. The van der Waals surface area contributed by atoms with Crippen LogP contribution in [0.15, 0.2) is 42.7 Å². The van der Waals surface area contributed by atoms with Crippen LogP contribution in [0.5, 0.6) is 11.5 Å². The molecule has 1 heterocycles. The molecule has 154 valence electrons. The molecule has 4 rings (SSSR count). The standard InChI is InChI=1S/C23H29N3O3/c1-28-20-8-7-19(12-21(20)29-14-15-4-3-9-25-13-15)26-23(27)18-10-16-5-2-6-17(11-18)22(16)24/h3-4,7-9,12-13,16-18,22H,2,5-6,10-11,14,24H2,1H3,(H,26,27). The Morgan fingerprint density at radius 3 is 2.69 bits per heavy atom. The quantitative estimate of drug-likeness (QED) is 0.778. The number of nitrogens with one attached hydrogen (secondary N) is 1. The molecule has 2 aliphatic rings. The molecule has 0 radical (unpaired) electrons. The lowest BCUT2D eigenvalue weighted by Gasteiger charge is -2.43. The molecule has 1 aromatic heterocycles. The lowest BCUT2D eigenvalue weighted by Crippen LogP contribution is -2.48. The predicted octanol–water partition coefficient (Wildman–Crippen LogP) is 3.76. The van der Waals surface area contributed by atoms with Crippen molar-refractivity contribution in [2.75, 3.05) is 12.4 Å². The molecule has 0 saturated heterocycles. The van der Waals surface area contributed by atoms with Crippen LogP contribution in [-0.2, 0) is 11.4 Å². The molecule has 2 aromatic rings. The van der Waals surface area contributed by atoms with E-state index in [0.717, 1.165) is 36.9 Å². The average Bonchev–Trinajstić information content (AvgIpc) is 2.73. The van der Waals surface area contributed by atoms with E-state index in [-0.39, 0.29) is 17.9 Å². The van der Waals surface area contributed by atoms with Gasteiger partial charge in [0.1, 0.15) is 6.61 Å². The zero-order valence-corrected chi connectivity index (χ0v) is 16.8. The second-order valence-corrected chi connectivity index (χ2v) is 8.20. The number of nitrogens with zero attached hydrogens (tertiary/aromatic N) is 1. The van der Waals surface area contributed by atoms with Crippen LogP contribution in [-0.4, -0.2) is 24.0 Å². The number of hydrogen-bond donors (Lipinski definition) is 2. The van der Waals surface area contributed by atoms with Crippen LogP contribution in [0.4, 0.5) is 5.69 Å². The van der Waals surface area contributed by atoms with Gasteiger partial charge < -0.3 is 20.5 Å². The molecule has 2 unspecified atom stereocenters. The van der Waals surface area contributed by atoms with Crippen LogP contribution in [0, 0.1) is 17.8 Å². The third kappa shape index (κ3) is 4.53. The van der Waals surface area contributed by atoms with E-state index in [0.29, 0.717) is 29.9 Å². The SMILES string of the molecule is COc1ccc(NC(=O)C2CC3CCCC(C2)C3N)cc1OCc1cccnc1. The van der Waals surface area contributed by atoms with E-state index >= 15 is 0 Å². The number of aromatic nitrogens is 1. The number of carbonyl (C=O) groups excluding carboxylic acids is 1. The van der Waals surface area contributed by atoms with Crippen molar-refractivity contribution in [3.05, 3.63) is 48.3 Å². The smallest absolute Gasteiger partial charge is 0.227 e. The summed E-state index contributed by atoms with van der Waals surface area (Å²) in [5.74, 6) is 2.30. The zero-order valence-electron chi connectivity index (χ0n) is 16.8. The monoisotopic (exact) mass is 395 g/mol. The van der Waals surface area contributed by atoms with E-state index in [4.69, 9.17) is 15.2 Å². The van der Waals surface area contributed by atoms with Crippen LogP contribution in [0.3, 0.4) is 0 Å². The third-order valence-corrected chi connectivity index (χ3v) is 6.33. The largest absolute Gasteiger partial charge is 0.493 e. The van der Waals surface area contributed by atoms with Gasteiger partial charge in [0.15, 0.2) is 11.5 Å². The summed E-state index contributed by atoms with van der Waals surface area (Å²) >= 11 is 0. The Morgan fingerprint density at radius 1 is 1.21 bits per heavy atom. The molecule has 2 atom stereocenters. The second-order valence-electron chi connectivity index (χ2n) is 8.20. The van der Waals surface area contributed by atoms with Crippen LogP contribution in [0.2, 0.25) is 0 Å². The maximum atomic E-state index is 12.9. The van der Waals surface area contributed by atoms with E-state index in [2.05, 4.69) is 10.3 Å². The summed E-state index contributed by atoms with van der Waals surface area (Å²) in [6, 6.07) is 9.58. The number of anilines is 1. The number of benzene rings is 1. The van der Waals surface area contributed by atoms with Crippen molar-refractivity contribution in [1.82, 2.24) is 4.98 Å². The first-order valence-corrected chi connectivity index (χ1v) is 10.4. The Kier molecular flexibility index (Phi) is 6.00. The van der Waals surface area contributed by atoms with Gasteiger partial charge >= 0.3 is 0 Å². The Hall–Kier alpha value is -2.60. The molecule has 1 amide bonds. The van der Waals surface area contributed by atoms with Gasteiger partial charge in [-0.3, -0.25) is 9.78 Å². The Labute approximate surface area is 171 Å². The van der Waals surface area contributed by atoms with E-state index in [1.54, 1.807) is 19.5 Å². The highest BCUT2D eigenvalue weighted by molar-refractivity contribution is 5.93. The van der Waals surface area contributed by atoms with E-state index in [9.17, 15) is 4.79 Å². The normalized spacial score (nSPS) is 25.9. The number of ether oxygens (including phenoxy) is 2. The number of methoxy groups -OCH3 is 1. The highest BCUT2D eigenvalue weighted by Gasteiger charge is 2.40. The summed E-state index contributed by atoms with van der Waals surface area (Å²) in [6.07, 6.45) is 8.82. The van der Waals surface area contributed by atoms with Gasteiger partial charge in [-0.2, -0.15) is 0 Å². The van der Waals surface area contributed by atoms with Crippen molar-refractivity contribution in [2.45, 2.75) is 44.8 Å². The first kappa shape index (κ1) is 19.7. The van der Waals surface area contributed by atoms with Crippen LogP contribution in [0.25, 0.3) is 0 Å². The van der Waals surface area contributed by atoms with E-state index in [1.807, 2.05) is 30.3 Å². The summed E-state index contributed by atoms with van der Waals surface area (Å²) in [6.45, 7) is 0.380. The van der Waals surface area contributed by atoms with Crippen molar-refractivity contribution >= 4 is 11.6 Å². The van der Waals surface area contributed by atoms with Crippen molar-refractivity contribution in [3.63, 3.8) is 0 Å². The molecular weight excluding hydrogens is 366 g/mol. The molecule has 2 aliphatic carbocycles. The van der Waals surface area contributed by atoms with Crippen molar-refractivity contribution < 1.29 is 14.3 Å². The van der Waals surface area contributed by atoms with Crippen molar-refractivity contribution in [3.8, 4) is 11.5 Å². The third-order valence-electron chi connectivity index (χ3n) is 6.33. The molecule has 2 saturated carbocycles. The first-order chi connectivity index (χ1) is 14.1. The Bertz CT molecular complexity index is 829. The molecule has 29 heavy (non-hydrogen) atoms. The average molecular weight is 396 g/mol. The van der Waals surface area contributed by atoms with Gasteiger partial charge in [-0.1, -0.05) is 12.5 Å². The molecule has 2 fully saturated rings. The van der Waals surface area contributed by atoms with Gasteiger partial charge in [0, 0.05) is 41.7 Å². The van der Waals surface area contributed by atoms with Gasteiger partial charge in [0.05, 0.1) is 7.11 Å². The highest BCUT2D eigenvalue weighted by Crippen LogP contribution is 2.42. The van der Waals surface area contributed by atoms with Gasteiger partial charge in [-0.05, 0) is 55.7 Å². The minimum absolute atomic E-state index is 0.0342. The molecule has 0 aliphatic heterocycles. The number of amides is 1. The summed E-state index contributed by atoms with van der Waals surface area (Å²) in [5, 5.41) is 3.08. The molecule has 6 heteroatoms. The van der Waals surface area contributed by atoms with Crippen LogP contribution >= 0.6 is 0 Å². The summed E-state index contributed by atoms with van der Waals surface area (Å²) in [4.78, 5) is 17.0. The lowest BCUT2D eigenvalue weighted by atomic mass is 9.65. The first-order valence-electron chi connectivity index (χ1n) is 10.4. The second kappa shape index (κ2) is 8.82. The van der Waals surface area contributed by atoms with E-state index in [1.165, 1.54) is 6.42 Å². The van der Waals surface area contributed by atoms with Gasteiger partial charge in [0.2, 0.25) is 5.91 Å². The predicted molar refractivity (Wildman–Crippen MR) is 112 cm³/mol. The molecular formula is C23H29N3O3. The van der Waals surface area contributed by atoms with Crippen molar-refractivity contribution in [1.29, 1.82) is 0 Å². The molecule has 6 nitrogen and oxygen atoms in total. The van der Waals surface area contributed by atoms with Gasteiger partial charge in [-0.15, -0.1) is 0 Å². The highest BCUT2D eigenvalue weighted by atomic mass is 16.5. The maximum absolute atomic E-state index is 12.9. The summed E-state index contributed by atoms with van der Waals surface area (Å²) in [7, 11) is 1.61. The van der Waals surface area contributed by atoms with E-state index < -0.39 is 0 Å². The Morgan fingerprint density at radius 2 is 2.00 bits per heavy atom. The fourth-order valence-electron chi connectivity index (χ4n) is 4.76. The molecule has 2 bridgehead atoms. The van der Waals surface area contributed by atoms with Crippen molar-refractivity contribution in [2.24, 2.45) is 23.5 Å². The number of carbonyl (C=O) groups is 1. The molecule has 0 spiro atoms. The lowest BCUT2D eigenvalue weighted by molar-refractivity contribution is -0.122. The minimum atomic E-state index is 0.0342. The van der Waals surface area contributed by atoms with Gasteiger partial charge in [-0.25, -0.2) is 0 Å². The number of fused-ring (bicyclic) bond motifs is 2. The molecule has 1 aromatic carbocycles. The fraction of sp³-hybridized carbons (Fsp3) is 0.478. The van der Waals surface area contributed by atoms with Gasteiger partial charge in [0.25, 0.3) is 0 Å². The summed E-state index contributed by atoms with van der Waals surface area (Å²) in [5.41, 5.74) is 8.05. The zero-order chi connectivity index (χ0) is 20.2. The summed E-state index contributed by atoms with van der Waals surface area (Å²) < 4.78 is 11.3. The number of rotatable bonds is 6. The number of nitrogens with two attached hydrogens (primary N) is 1. The number of pyridine rings is 1. The minimum Gasteiger partial charge on any atom is -0.493 e.